The van der Waals surface area contributed by atoms with Gasteiger partial charge in [0.1, 0.15) is 0 Å². The first-order valence-corrected chi connectivity index (χ1v) is 11.5. The quantitative estimate of drug-likeness (QED) is 0.466. The van der Waals surface area contributed by atoms with E-state index < -0.39 is 15.9 Å². The molecule has 0 saturated carbocycles. The van der Waals surface area contributed by atoms with Crippen molar-refractivity contribution in [2.45, 2.75) is 24.8 Å². The Morgan fingerprint density at radius 3 is 2.35 bits per heavy atom. The third-order valence-electron chi connectivity index (χ3n) is 4.93. The molecule has 0 spiro atoms. The smallest absolute Gasteiger partial charge is 0.255 e. The highest BCUT2D eigenvalue weighted by atomic mass is 35.5. The van der Waals surface area contributed by atoms with Gasteiger partial charge in [0.25, 0.3) is 5.91 Å². The molecule has 6 nitrogen and oxygen atoms in total. The first-order valence-electron chi connectivity index (χ1n) is 9.68. The van der Waals surface area contributed by atoms with E-state index in [0.717, 1.165) is 11.3 Å². The van der Waals surface area contributed by atoms with E-state index in [9.17, 15) is 13.2 Å². The maximum Gasteiger partial charge on any atom is 0.255 e. The predicted octanol–water partition coefficient (Wildman–Crippen LogP) is 4.98. The average molecular weight is 458 g/mol. The fourth-order valence-electron chi connectivity index (χ4n) is 3.10. The Morgan fingerprint density at radius 2 is 1.71 bits per heavy atom. The van der Waals surface area contributed by atoms with Gasteiger partial charge in [-0.05, 0) is 62.4 Å². The lowest BCUT2D eigenvalue weighted by molar-refractivity contribution is 0.102. The third kappa shape index (κ3) is 5.44. The van der Waals surface area contributed by atoms with Gasteiger partial charge in [-0.15, -0.1) is 0 Å². The number of hydrogen-bond acceptors (Lipinski definition) is 4. The van der Waals surface area contributed by atoms with Gasteiger partial charge in [-0.2, -0.15) is 0 Å². The maximum absolute atomic E-state index is 12.8. The predicted molar refractivity (Wildman–Crippen MR) is 125 cm³/mol. The topological polar surface area (TPSA) is 87.3 Å². The van der Waals surface area contributed by atoms with Gasteiger partial charge in [0, 0.05) is 17.3 Å². The van der Waals surface area contributed by atoms with Gasteiger partial charge in [0.15, 0.2) is 0 Å². The normalized spacial score (nSPS) is 12.3. The number of nitrogens with one attached hydrogen (secondary N) is 3. The van der Waals surface area contributed by atoms with E-state index in [4.69, 9.17) is 11.6 Å². The molecule has 0 aliphatic heterocycles. The molecule has 0 radical (unpaired) electrons. The average Bonchev–Trinajstić information content (AvgIpc) is 2.76. The van der Waals surface area contributed by atoms with Crippen LogP contribution in [0.4, 0.5) is 11.4 Å². The molecule has 3 aromatic carbocycles. The van der Waals surface area contributed by atoms with Gasteiger partial charge in [-0.25, -0.2) is 13.1 Å². The monoisotopic (exact) mass is 457 g/mol. The largest absolute Gasteiger partial charge is 0.377 e. The van der Waals surface area contributed by atoms with Crippen LogP contribution in [0.15, 0.2) is 71.6 Å². The summed E-state index contributed by atoms with van der Waals surface area (Å²) < 4.78 is 26.4. The van der Waals surface area contributed by atoms with Crippen LogP contribution in [0.2, 0.25) is 5.02 Å². The van der Waals surface area contributed by atoms with Gasteiger partial charge >= 0.3 is 0 Å². The Bertz CT molecular complexity index is 1200. The number of hydrogen-bond donors (Lipinski definition) is 3. The fourth-order valence-corrected chi connectivity index (χ4v) is 4.09. The van der Waals surface area contributed by atoms with Crippen molar-refractivity contribution in [1.29, 1.82) is 0 Å². The Balaban J connectivity index is 1.77. The minimum absolute atomic E-state index is 0.0261. The van der Waals surface area contributed by atoms with Crippen LogP contribution in [0.3, 0.4) is 0 Å². The van der Waals surface area contributed by atoms with Crippen LogP contribution in [0.1, 0.15) is 34.5 Å². The van der Waals surface area contributed by atoms with Crippen molar-refractivity contribution in [1.82, 2.24) is 4.72 Å². The van der Waals surface area contributed by atoms with Crippen molar-refractivity contribution in [2.24, 2.45) is 0 Å². The van der Waals surface area contributed by atoms with Crippen molar-refractivity contribution < 1.29 is 13.2 Å². The van der Waals surface area contributed by atoms with Crippen LogP contribution in [0.25, 0.3) is 0 Å². The minimum Gasteiger partial charge on any atom is -0.377 e. The van der Waals surface area contributed by atoms with Crippen LogP contribution < -0.4 is 15.4 Å². The summed E-state index contributed by atoms with van der Waals surface area (Å²) in [7, 11) is -2.33. The van der Waals surface area contributed by atoms with E-state index in [2.05, 4.69) is 15.4 Å². The first-order chi connectivity index (χ1) is 14.7. The van der Waals surface area contributed by atoms with Gasteiger partial charge in [-0.1, -0.05) is 48.0 Å². The highest BCUT2D eigenvalue weighted by molar-refractivity contribution is 7.89. The van der Waals surface area contributed by atoms with Crippen LogP contribution in [-0.2, 0) is 10.0 Å². The zero-order valence-corrected chi connectivity index (χ0v) is 19.0. The molecule has 8 heteroatoms. The van der Waals surface area contributed by atoms with Crippen LogP contribution in [0, 0.1) is 6.92 Å². The Morgan fingerprint density at radius 1 is 1.00 bits per heavy atom. The molecule has 162 valence electrons. The zero-order valence-electron chi connectivity index (χ0n) is 17.4. The molecule has 0 aliphatic rings. The molecular formula is C23H24ClN3O3S. The number of carbonyl (C=O) groups is 1. The highest BCUT2D eigenvalue weighted by Crippen LogP contribution is 2.29. The molecule has 3 N–H and O–H groups in total. The summed E-state index contributed by atoms with van der Waals surface area (Å²) in [6.07, 6.45) is 0. The van der Waals surface area contributed by atoms with E-state index in [1.807, 2.05) is 37.3 Å². The summed E-state index contributed by atoms with van der Waals surface area (Å²) in [5, 5.41) is 6.60. The van der Waals surface area contributed by atoms with Crippen LogP contribution in [-0.4, -0.2) is 21.4 Å². The van der Waals surface area contributed by atoms with Crippen molar-refractivity contribution in [2.75, 3.05) is 17.7 Å². The van der Waals surface area contributed by atoms with Crippen molar-refractivity contribution in [3.63, 3.8) is 0 Å². The van der Waals surface area contributed by atoms with Gasteiger partial charge in [0.05, 0.1) is 15.6 Å². The number of amides is 1. The standard InChI is InChI=1S/C23H24ClN3O3S/c1-15-9-11-19(31(29,30)25-3)14-20(15)23(28)27-18-10-12-22(21(24)13-18)26-16(2)17-7-5-4-6-8-17/h4-14,16,25-26H,1-3H3,(H,27,28). The highest BCUT2D eigenvalue weighted by Gasteiger charge is 2.17. The Hall–Kier alpha value is -2.87. The minimum atomic E-state index is -3.65. The molecule has 1 amide bonds. The zero-order chi connectivity index (χ0) is 22.6. The molecule has 0 saturated heterocycles. The summed E-state index contributed by atoms with van der Waals surface area (Å²) in [5.74, 6) is -0.417. The molecule has 3 aromatic rings. The van der Waals surface area contributed by atoms with Crippen molar-refractivity contribution >= 4 is 38.9 Å². The second kappa shape index (κ2) is 9.51. The number of aryl methyl sites for hydroxylation is 1. The molecule has 0 heterocycles. The second-order valence-corrected chi connectivity index (χ2v) is 9.40. The summed E-state index contributed by atoms with van der Waals surface area (Å²) in [5.41, 5.74) is 3.31. The molecular weight excluding hydrogens is 434 g/mol. The molecule has 3 rings (SSSR count). The lowest BCUT2D eigenvalue weighted by Crippen LogP contribution is -2.20. The molecule has 31 heavy (non-hydrogen) atoms. The van der Waals surface area contributed by atoms with Gasteiger partial charge in [0.2, 0.25) is 10.0 Å². The Kier molecular flexibility index (Phi) is 7.00. The summed E-state index contributed by atoms with van der Waals surface area (Å²) in [4.78, 5) is 12.8. The van der Waals surface area contributed by atoms with Crippen molar-refractivity contribution in [3.05, 3.63) is 88.4 Å². The van der Waals surface area contributed by atoms with Crippen LogP contribution in [0.5, 0.6) is 0 Å². The SMILES string of the molecule is CNS(=O)(=O)c1ccc(C)c(C(=O)Nc2ccc(NC(C)c3ccccc3)c(Cl)c2)c1. The number of rotatable bonds is 7. The summed E-state index contributed by atoms with van der Waals surface area (Å²) in [6, 6.07) is 19.7. The summed E-state index contributed by atoms with van der Waals surface area (Å²) in [6.45, 7) is 3.78. The van der Waals surface area contributed by atoms with E-state index in [0.29, 0.717) is 16.3 Å². The lowest BCUT2D eigenvalue weighted by atomic mass is 10.1. The van der Waals surface area contributed by atoms with Crippen LogP contribution >= 0.6 is 11.6 Å². The Labute approximate surface area is 187 Å². The molecule has 0 bridgehead atoms. The van der Waals surface area contributed by atoms with Gasteiger partial charge < -0.3 is 10.6 Å². The maximum atomic E-state index is 12.8. The summed E-state index contributed by atoms with van der Waals surface area (Å²) >= 11 is 6.42. The van der Waals surface area contributed by atoms with E-state index >= 15 is 0 Å². The first kappa shape index (κ1) is 22.8. The molecule has 0 aromatic heterocycles. The number of sulfonamides is 1. The lowest BCUT2D eigenvalue weighted by Gasteiger charge is -2.17. The van der Waals surface area contributed by atoms with E-state index in [1.165, 1.54) is 19.2 Å². The number of benzene rings is 3. The molecule has 1 atom stereocenters. The second-order valence-electron chi connectivity index (χ2n) is 7.11. The van der Waals surface area contributed by atoms with Gasteiger partial charge in [-0.3, -0.25) is 4.79 Å². The molecule has 0 fully saturated rings. The fraction of sp³-hybridized carbons (Fsp3) is 0.174. The molecule has 1 unspecified atom stereocenters. The third-order valence-corrected chi connectivity index (χ3v) is 6.66. The number of halogens is 1. The number of carbonyl (C=O) groups excluding carboxylic acids is 1. The molecule has 0 aliphatic carbocycles. The van der Waals surface area contributed by atoms with E-state index in [-0.39, 0.29) is 16.5 Å². The van der Waals surface area contributed by atoms with E-state index in [1.54, 1.807) is 31.2 Å². The van der Waals surface area contributed by atoms with Crippen molar-refractivity contribution in [3.8, 4) is 0 Å². The number of anilines is 2.